The van der Waals surface area contributed by atoms with E-state index in [1.807, 2.05) is 28.7 Å². The molecule has 1 rings (SSSR count). The number of imidazole rings is 1. The summed E-state index contributed by atoms with van der Waals surface area (Å²) in [4.78, 5) is 4.07. The van der Waals surface area contributed by atoms with E-state index >= 15 is 0 Å². The van der Waals surface area contributed by atoms with Crippen LogP contribution in [0.1, 0.15) is 5.69 Å². The fourth-order valence-corrected chi connectivity index (χ4v) is 0.960. The topological polar surface area (TPSA) is 17.8 Å². The second-order valence-corrected chi connectivity index (χ2v) is 2.46. The van der Waals surface area contributed by atoms with Crippen LogP contribution in [0.15, 0.2) is 12.5 Å². The van der Waals surface area contributed by atoms with Gasteiger partial charge in [-0.3, -0.25) is 0 Å². The van der Waals surface area contributed by atoms with Crippen molar-refractivity contribution in [3.05, 3.63) is 18.2 Å². The van der Waals surface area contributed by atoms with E-state index in [1.54, 1.807) is 0 Å². The summed E-state index contributed by atoms with van der Waals surface area (Å²) in [7, 11) is 0. The summed E-state index contributed by atoms with van der Waals surface area (Å²) in [5.41, 5.74) is 1.07. The molecule has 0 aliphatic carbocycles. The van der Waals surface area contributed by atoms with Gasteiger partial charge in [0.05, 0.1) is 0 Å². The molecule has 3 heteroatoms. The first-order valence-electron chi connectivity index (χ1n) is 2.77. The zero-order valence-electron chi connectivity index (χ0n) is 5.28. The molecule has 2 nitrogen and oxygen atoms in total. The average molecular weight is 159 g/mol. The second kappa shape index (κ2) is 2.99. The molecule has 0 radical (unpaired) electrons. The van der Waals surface area contributed by atoms with Crippen LogP contribution in [-0.4, -0.2) is 14.3 Å². The maximum absolute atomic E-state index is 4.07. The Morgan fingerprint density at radius 2 is 2.67 bits per heavy atom. The summed E-state index contributed by atoms with van der Waals surface area (Å²) in [5.74, 6) is 0. The Morgan fingerprint density at radius 1 is 1.89 bits per heavy atom. The van der Waals surface area contributed by atoms with Crippen LogP contribution >= 0.6 is 0 Å². The van der Waals surface area contributed by atoms with Crippen LogP contribution in [0.3, 0.4) is 0 Å². The number of aromatic nitrogens is 2. The molecule has 0 N–H and O–H groups in total. The Kier molecular flexibility index (Phi) is 2.25. The summed E-state index contributed by atoms with van der Waals surface area (Å²) in [5, 5.41) is 0. The molecule has 1 aromatic rings. The van der Waals surface area contributed by atoms with Gasteiger partial charge in [0.1, 0.15) is 0 Å². The van der Waals surface area contributed by atoms with E-state index in [1.165, 1.54) is 0 Å². The van der Waals surface area contributed by atoms with Gasteiger partial charge in [0.2, 0.25) is 0 Å². The van der Waals surface area contributed by atoms with Crippen molar-refractivity contribution in [1.29, 1.82) is 0 Å². The first-order valence-corrected chi connectivity index (χ1v) is 3.58. The van der Waals surface area contributed by atoms with E-state index in [2.05, 4.69) is 22.0 Å². The van der Waals surface area contributed by atoms with Crippen LogP contribution in [0.5, 0.6) is 0 Å². The first-order chi connectivity index (χ1) is 4.33. The number of nitrogens with zero attached hydrogens (tertiary/aromatic N) is 2. The second-order valence-electron chi connectivity index (χ2n) is 1.89. The van der Waals surface area contributed by atoms with Gasteiger partial charge in [0, 0.05) is 0 Å². The van der Waals surface area contributed by atoms with E-state index in [0.717, 1.165) is 12.2 Å². The molecule has 0 spiro atoms. The summed E-state index contributed by atoms with van der Waals surface area (Å²) >= 11 is 2.43. The predicted molar refractivity (Wildman–Crippen MR) is 33.0 cm³/mol. The van der Waals surface area contributed by atoms with E-state index in [0.29, 0.717) is 0 Å². The molecule has 0 fully saturated rings. The Balaban J connectivity index is 2.72. The van der Waals surface area contributed by atoms with E-state index in [4.69, 9.17) is 0 Å². The van der Waals surface area contributed by atoms with Crippen molar-refractivity contribution < 1.29 is 17.0 Å². The van der Waals surface area contributed by atoms with Gasteiger partial charge in [-0.15, -0.1) is 0 Å². The Labute approximate surface area is 63.4 Å². The maximum atomic E-state index is 4.07. The predicted octanol–water partition coefficient (Wildman–Crippen LogP) is 0.541. The van der Waals surface area contributed by atoms with Crippen molar-refractivity contribution in [3.63, 3.8) is 0 Å². The van der Waals surface area contributed by atoms with Crippen LogP contribution in [0.4, 0.5) is 0 Å². The molecular weight excluding hydrogens is 151 g/mol. The van der Waals surface area contributed by atoms with Crippen LogP contribution in [0, 0.1) is 6.92 Å². The van der Waals surface area contributed by atoms with Crippen molar-refractivity contribution in [2.24, 2.45) is 0 Å². The van der Waals surface area contributed by atoms with Gasteiger partial charge in [-0.2, -0.15) is 0 Å². The van der Waals surface area contributed by atoms with Gasteiger partial charge in [-0.1, -0.05) is 0 Å². The van der Waals surface area contributed by atoms with Crippen LogP contribution in [0.25, 0.3) is 0 Å². The third kappa shape index (κ3) is 1.81. The van der Waals surface area contributed by atoms with Gasteiger partial charge >= 0.3 is 62.9 Å². The molecule has 0 unspecified atom stereocenters. The Bertz CT molecular complexity index is 205. The molecule has 47 valence electrons. The molecule has 0 atom stereocenters. The normalized spacial score (nSPS) is 9.33. The number of hydrogen-bond donors (Lipinski definition) is 0. The zero-order chi connectivity index (χ0) is 6.69. The van der Waals surface area contributed by atoms with Gasteiger partial charge in [-0.25, -0.2) is 0 Å². The molecule has 9 heavy (non-hydrogen) atoms. The Morgan fingerprint density at radius 3 is 3.11 bits per heavy atom. The minimum absolute atomic E-state index is 0.931. The standard InChI is InChI=1S/C6H8N2.V/c1-3-8-4-6(2)7-5-8;/h1,4-5H,3H2,2H3;. The van der Waals surface area contributed by atoms with Gasteiger partial charge in [-0.05, 0) is 0 Å². The molecule has 0 saturated carbocycles. The molecule has 0 saturated heterocycles. The summed E-state index contributed by atoms with van der Waals surface area (Å²) in [6.45, 7) is 2.92. The summed E-state index contributed by atoms with van der Waals surface area (Å²) in [6.07, 6.45) is 3.85. The quantitative estimate of drug-likeness (QED) is 0.615. The SMILES string of the molecule is Cc1cn(C[CH]=[V])cn1. The number of aryl methyl sites for hydroxylation is 1. The monoisotopic (exact) mass is 159 g/mol. The number of rotatable bonds is 2. The molecule has 1 heterocycles. The van der Waals surface area contributed by atoms with Crippen molar-refractivity contribution in [1.82, 2.24) is 9.55 Å². The molecular formula is C6H8N2V. The molecule has 0 aromatic carbocycles. The third-order valence-electron chi connectivity index (χ3n) is 1.05. The van der Waals surface area contributed by atoms with Gasteiger partial charge < -0.3 is 0 Å². The van der Waals surface area contributed by atoms with Crippen molar-refractivity contribution in [3.8, 4) is 0 Å². The van der Waals surface area contributed by atoms with E-state index < -0.39 is 0 Å². The third-order valence-corrected chi connectivity index (χ3v) is 1.31. The van der Waals surface area contributed by atoms with Crippen LogP contribution in [0.2, 0.25) is 0 Å². The van der Waals surface area contributed by atoms with Crippen molar-refractivity contribution >= 4 is 4.73 Å². The van der Waals surface area contributed by atoms with Gasteiger partial charge in [0.15, 0.2) is 0 Å². The molecule has 0 amide bonds. The fourth-order valence-electron chi connectivity index (χ4n) is 0.666. The van der Waals surface area contributed by atoms with Crippen molar-refractivity contribution in [2.45, 2.75) is 13.5 Å². The zero-order valence-corrected chi connectivity index (χ0v) is 6.68. The van der Waals surface area contributed by atoms with Crippen LogP contribution in [-0.2, 0) is 23.5 Å². The van der Waals surface area contributed by atoms with Gasteiger partial charge in [0.25, 0.3) is 0 Å². The molecule has 0 aliphatic heterocycles. The van der Waals surface area contributed by atoms with E-state index in [-0.39, 0.29) is 0 Å². The molecule has 0 aliphatic rings. The average Bonchev–Trinajstić information content (AvgIpc) is 2.17. The summed E-state index contributed by atoms with van der Waals surface area (Å²) in [6, 6.07) is 0. The minimum atomic E-state index is 0.931. The Hall–Kier alpha value is -0.336. The fraction of sp³-hybridized carbons (Fsp3) is 0.333. The molecule has 1 aromatic heterocycles. The van der Waals surface area contributed by atoms with E-state index in [9.17, 15) is 0 Å². The van der Waals surface area contributed by atoms with Crippen LogP contribution < -0.4 is 0 Å². The summed E-state index contributed by atoms with van der Waals surface area (Å²) < 4.78 is 4.07. The van der Waals surface area contributed by atoms with Crippen molar-refractivity contribution in [2.75, 3.05) is 0 Å². The molecule has 0 bridgehead atoms. The first kappa shape index (κ1) is 6.78. The number of hydrogen-bond acceptors (Lipinski definition) is 1.